The van der Waals surface area contributed by atoms with E-state index in [-0.39, 0.29) is 10.6 Å². The minimum atomic E-state index is -0.370. The summed E-state index contributed by atoms with van der Waals surface area (Å²) in [4.78, 5) is 10.0. The number of benzene rings is 1. The van der Waals surface area contributed by atoms with Gasteiger partial charge in [-0.3, -0.25) is 10.1 Å². The van der Waals surface area contributed by atoms with Crippen LogP contribution in [0.2, 0.25) is 0 Å². The minimum Gasteiger partial charge on any atom is -0.258 e. The Morgan fingerprint density at radius 1 is 1.36 bits per heavy atom. The fraction of sp³-hybridized carbons (Fsp3) is 0.400. The second-order valence-corrected chi connectivity index (χ2v) is 4.26. The first kappa shape index (κ1) is 11.0. The topological polar surface area (TPSA) is 43.1 Å². The molecule has 1 aromatic carbocycles. The summed E-state index contributed by atoms with van der Waals surface area (Å²) in [7, 11) is 0. The summed E-state index contributed by atoms with van der Waals surface area (Å²) < 4.78 is 0. The number of nitro groups is 1. The Labute approximate surface area is 87.7 Å². The summed E-state index contributed by atoms with van der Waals surface area (Å²) in [6, 6.07) is 6.78. The molecule has 0 bridgehead atoms. The van der Waals surface area contributed by atoms with Gasteiger partial charge in [-0.05, 0) is 23.5 Å². The summed E-state index contributed by atoms with van der Waals surface area (Å²) in [5, 5.41) is 10.4. The SMILES string of the molecule is CCSCCc1ccc([N+](=O)[O-])cc1. The van der Waals surface area contributed by atoms with Crippen molar-refractivity contribution in [2.24, 2.45) is 0 Å². The molecule has 0 fully saturated rings. The van der Waals surface area contributed by atoms with Gasteiger partial charge in [-0.25, -0.2) is 0 Å². The van der Waals surface area contributed by atoms with Gasteiger partial charge in [-0.15, -0.1) is 0 Å². The predicted octanol–water partition coefficient (Wildman–Crippen LogP) is 2.89. The number of nitro benzene ring substituents is 1. The molecule has 0 saturated heterocycles. The van der Waals surface area contributed by atoms with Gasteiger partial charge in [-0.1, -0.05) is 19.1 Å². The van der Waals surface area contributed by atoms with Crippen LogP contribution in [0.3, 0.4) is 0 Å². The highest BCUT2D eigenvalue weighted by atomic mass is 32.2. The van der Waals surface area contributed by atoms with Gasteiger partial charge in [0.2, 0.25) is 0 Å². The van der Waals surface area contributed by atoms with E-state index in [1.165, 1.54) is 0 Å². The van der Waals surface area contributed by atoms with Crippen molar-refractivity contribution in [3.8, 4) is 0 Å². The van der Waals surface area contributed by atoms with Crippen molar-refractivity contribution in [2.75, 3.05) is 11.5 Å². The van der Waals surface area contributed by atoms with Gasteiger partial charge in [0.1, 0.15) is 0 Å². The fourth-order valence-electron chi connectivity index (χ4n) is 1.12. The van der Waals surface area contributed by atoms with Crippen LogP contribution in [0.5, 0.6) is 0 Å². The largest absolute Gasteiger partial charge is 0.269 e. The van der Waals surface area contributed by atoms with Crippen molar-refractivity contribution >= 4 is 17.4 Å². The Morgan fingerprint density at radius 2 is 2.00 bits per heavy atom. The second kappa shape index (κ2) is 5.65. The molecule has 0 atom stereocenters. The molecular formula is C10H13NO2S. The molecule has 1 rings (SSSR count). The molecule has 0 saturated carbocycles. The highest BCUT2D eigenvalue weighted by Crippen LogP contribution is 2.13. The maximum atomic E-state index is 10.4. The van der Waals surface area contributed by atoms with Gasteiger partial charge < -0.3 is 0 Å². The van der Waals surface area contributed by atoms with Crippen molar-refractivity contribution in [3.63, 3.8) is 0 Å². The second-order valence-electron chi connectivity index (χ2n) is 2.87. The van der Waals surface area contributed by atoms with Gasteiger partial charge in [-0.2, -0.15) is 11.8 Å². The minimum absolute atomic E-state index is 0.164. The molecule has 0 spiro atoms. The molecule has 3 nitrogen and oxygen atoms in total. The molecule has 4 heteroatoms. The zero-order chi connectivity index (χ0) is 10.4. The van der Waals surface area contributed by atoms with E-state index in [0.29, 0.717) is 0 Å². The van der Waals surface area contributed by atoms with Crippen LogP contribution in [0.1, 0.15) is 12.5 Å². The van der Waals surface area contributed by atoms with Crippen LogP contribution in [-0.2, 0) is 6.42 Å². The number of hydrogen-bond donors (Lipinski definition) is 0. The maximum Gasteiger partial charge on any atom is 0.269 e. The molecule has 0 aliphatic carbocycles. The number of non-ortho nitro benzene ring substituents is 1. The molecule has 14 heavy (non-hydrogen) atoms. The summed E-state index contributed by atoms with van der Waals surface area (Å²) in [6.07, 6.45) is 0.983. The third-order valence-corrected chi connectivity index (χ3v) is 2.79. The van der Waals surface area contributed by atoms with Gasteiger partial charge in [0.25, 0.3) is 5.69 Å². The van der Waals surface area contributed by atoms with Crippen LogP contribution in [-0.4, -0.2) is 16.4 Å². The van der Waals surface area contributed by atoms with Gasteiger partial charge in [0, 0.05) is 12.1 Å². The highest BCUT2D eigenvalue weighted by Gasteiger charge is 2.03. The summed E-state index contributed by atoms with van der Waals surface area (Å²) in [5.74, 6) is 2.20. The lowest BCUT2D eigenvalue weighted by Gasteiger charge is -1.99. The molecule has 76 valence electrons. The maximum absolute atomic E-state index is 10.4. The summed E-state index contributed by atoms with van der Waals surface area (Å²) >= 11 is 1.88. The van der Waals surface area contributed by atoms with Gasteiger partial charge in [0.15, 0.2) is 0 Å². The molecular weight excluding hydrogens is 198 g/mol. The lowest BCUT2D eigenvalue weighted by Crippen LogP contribution is -1.91. The van der Waals surface area contributed by atoms with Crippen molar-refractivity contribution in [1.29, 1.82) is 0 Å². The van der Waals surface area contributed by atoms with Crippen LogP contribution in [0.15, 0.2) is 24.3 Å². The molecule has 0 radical (unpaired) electrons. The summed E-state index contributed by atoms with van der Waals surface area (Å²) in [5.41, 5.74) is 1.33. The van der Waals surface area contributed by atoms with Crippen molar-refractivity contribution in [1.82, 2.24) is 0 Å². The van der Waals surface area contributed by atoms with E-state index in [1.54, 1.807) is 12.1 Å². The van der Waals surface area contributed by atoms with E-state index in [0.717, 1.165) is 23.5 Å². The molecule has 0 aromatic heterocycles. The molecule has 0 N–H and O–H groups in total. The van der Waals surface area contributed by atoms with Crippen LogP contribution in [0.4, 0.5) is 5.69 Å². The van der Waals surface area contributed by atoms with Crippen LogP contribution >= 0.6 is 11.8 Å². The lowest BCUT2D eigenvalue weighted by molar-refractivity contribution is -0.384. The number of aryl methyl sites for hydroxylation is 1. The fourth-order valence-corrected chi connectivity index (χ4v) is 1.79. The third kappa shape index (κ3) is 3.38. The van der Waals surface area contributed by atoms with Gasteiger partial charge in [0.05, 0.1) is 4.92 Å². The third-order valence-electron chi connectivity index (χ3n) is 1.89. The first-order valence-electron chi connectivity index (χ1n) is 4.55. The number of nitrogens with zero attached hydrogens (tertiary/aromatic N) is 1. The first-order chi connectivity index (χ1) is 6.74. The van der Waals surface area contributed by atoms with Crippen LogP contribution in [0, 0.1) is 10.1 Å². The van der Waals surface area contributed by atoms with E-state index in [2.05, 4.69) is 6.92 Å². The van der Waals surface area contributed by atoms with Crippen molar-refractivity contribution < 1.29 is 4.92 Å². The highest BCUT2D eigenvalue weighted by molar-refractivity contribution is 7.99. The zero-order valence-corrected chi connectivity index (χ0v) is 8.92. The van der Waals surface area contributed by atoms with Crippen LogP contribution in [0.25, 0.3) is 0 Å². The average Bonchev–Trinajstić information content (AvgIpc) is 2.19. The standard InChI is InChI=1S/C10H13NO2S/c1-2-14-8-7-9-3-5-10(6-4-9)11(12)13/h3-6H,2,7-8H2,1H3. The molecule has 0 amide bonds. The van der Waals surface area contributed by atoms with E-state index in [9.17, 15) is 10.1 Å². The molecule has 0 heterocycles. The average molecular weight is 211 g/mol. The Morgan fingerprint density at radius 3 is 2.50 bits per heavy atom. The molecule has 0 aliphatic heterocycles. The summed E-state index contributed by atoms with van der Waals surface area (Å²) in [6.45, 7) is 2.13. The number of rotatable bonds is 5. The number of thioether (sulfide) groups is 1. The zero-order valence-electron chi connectivity index (χ0n) is 8.10. The van der Waals surface area contributed by atoms with Crippen molar-refractivity contribution in [3.05, 3.63) is 39.9 Å². The first-order valence-corrected chi connectivity index (χ1v) is 5.70. The predicted molar refractivity (Wildman–Crippen MR) is 59.8 cm³/mol. The Bertz CT molecular complexity index is 297. The molecule has 0 unspecified atom stereocenters. The molecule has 0 aliphatic rings. The smallest absolute Gasteiger partial charge is 0.258 e. The van der Waals surface area contributed by atoms with Gasteiger partial charge >= 0.3 is 0 Å². The van der Waals surface area contributed by atoms with Crippen LogP contribution < -0.4 is 0 Å². The lowest BCUT2D eigenvalue weighted by atomic mass is 10.1. The molecule has 1 aromatic rings. The quantitative estimate of drug-likeness (QED) is 0.427. The van der Waals surface area contributed by atoms with E-state index in [4.69, 9.17) is 0 Å². The Hall–Kier alpha value is -1.03. The van der Waals surface area contributed by atoms with E-state index >= 15 is 0 Å². The Kier molecular flexibility index (Phi) is 4.46. The number of hydrogen-bond acceptors (Lipinski definition) is 3. The van der Waals surface area contributed by atoms with E-state index < -0.39 is 0 Å². The van der Waals surface area contributed by atoms with Crippen molar-refractivity contribution in [2.45, 2.75) is 13.3 Å². The monoisotopic (exact) mass is 211 g/mol. The normalized spacial score (nSPS) is 10.1. The Balaban J connectivity index is 2.51. The van der Waals surface area contributed by atoms with E-state index in [1.807, 2.05) is 23.9 Å².